The molecule has 2 aliphatic rings. The van der Waals surface area contributed by atoms with Crippen LogP contribution in [0.1, 0.15) is 23.0 Å². The Bertz CT molecular complexity index is 985. The second-order valence-electron chi connectivity index (χ2n) is 6.58. The van der Waals surface area contributed by atoms with Crippen LogP contribution in [0.3, 0.4) is 0 Å². The van der Waals surface area contributed by atoms with Gasteiger partial charge in [0.1, 0.15) is 11.8 Å². The molecule has 0 N–H and O–H groups in total. The summed E-state index contributed by atoms with van der Waals surface area (Å²) in [6.07, 6.45) is 1.32. The molecule has 0 bridgehead atoms. The van der Waals surface area contributed by atoms with E-state index >= 15 is 0 Å². The van der Waals surface area contributed by atoms with Crippen LogP contribution in [0.15, 0.2) is 30.5 Å². The number of aromatic nitrogens is 1. The summed E-state index contributed by atoms with van der Waals surface area (Å²) >= 11 is 0. The number of benzene rings is 1. The van der Waals surface area contributed by atoms with Gasteiger partial charge in [-0.3, -0.25) is 4.79 Å². The second kappa shape index (κ2) is 7.75. The van der Waals surface area contributed by atoms with E-state index in [0.29, 0.717) is 55.5 Å². The summed E-state index contributed by atoms with van der Waals surface area (Å²) in [6.45, 7) is 3.74. The monoisotopic (exact) mass is 396 g/mol. The van der Waals surface area contributed by atoms with Crippen LogP contribution in [0.5, 0.6) is 11.5 Å². The van der Waals surface area contributed by atoms with Crippen LogP contribution >= 0.6 is 0 Å². The number of amides is 2. The van der Waals surface area contributed by atoms with Crippen molar-refractivity contribution in [3.63, 3.8) is 0 Å². The van der Waals surface area contributed by atoms with Gasteiger partial charge in [-0.05, 0) is 25.1 Å². The molecule has 29 heavy (non-hydrogen) atoms. The fourth-order valence-electron chi connectivity index (χ4n) is 3.45. The molecule has 2 amide bonds. The fraction of sp³-hybridized carbons (Fsp3) is 0.350. The van der Waals surface area contributed by atoms with Crippen molar-refractivity contribution in [3.8, 4) is 23.3 Å². The van der Waals surface area contributed by atoms with Gasteiger partial charge in [-0.15, -0.1) is 0 Å². The molecule has 1 saturated heterocycles. The molecule has 2 aromatic rings. The first kappa shape index (κ1) is 18.7. The van der Waals surface area contributed by atoms with E-state index in [1.165, 1.54) is 0 Å². The maximum atomic E-state index is 13.2. The van der Waals surface area contributed by atoms with Gasteiger partial charge in [-0.2, -0.15) is 5.26 Å². The number of nitriles is 1. The molecule has 1 aromatic carbocycles. The van der Waals surface area contributed by atoms with E-state index in [1.54, 1.807) is 45.7 Å². The van der Waals surface area contributed by atoms with E-state index in [4.69, 9.17) is 14.2 Å². The average Bonchev–Trinajstić information content (AvgIpc) is 3.39. The second-order valence-corrected chi connectivity index (χ2v) is 6.58. The summed E-state index contributed by atoms with van der Waals surface area (Å²) in [4.78, 5) is 28.3. The highest BCUT2D eigenvalue weighted by molar-refractivity contribution is 5.96. The average molecular weight is 396 g/mol. The highest BCUT2D eigenvalue weighted by Crippen LogP contribution is 2.34. The lowest BCUT2D eigenvalue weighted by molar-refractivity contribution is 0.0564. The third-order valence-electron chi connectivity index (χ3n) is 4.94. The first-order valence-corrected chi connectivity index (χ1v) is 9.34. The van der Waals surface area contributed by atoms with E-state index in [0.717, 1.165) is 0 Å². The van der Waals surface area contributed by atoms with Crippen LogP contribution in [0.2, 0.25) is 0 Å². The lowest BCUT2D eigenvalue weighted by Crippen LogP contribution is -2.51. The smallest absolute Gasteiger partial charge is 0.409 e. The Labute approximate surface area is 167 Å². The highest BCUT2D eigenvalue weighted by Gasteiger charge is 2.29. The molecule has 0 unspecified atom stereocenters. The molecule has 0 aliphatic carbocycles. The normalized spacial score (nSPS) is 15.2. The van der Waals surface area contributed by atoms with E-state index in [2.05, 4.69) is 6.07 Å². The van der Waals surface area contributed by atoms with Crippen molar-refractivity contribution in [1.82, 2.24) is 14.4 Å². The summed E-state index contributed by atoms with van der Waals surface area (Å²) in [7, 11) is 0. The van der Waals surface area contributed by atoms with E-state index < -0.39 is 0 Å². The number of carbonyl (C=O) groups is 2. The molecule has 0 radical (unpaired) electrons. The first-order valence-electron chi connectivity index (χ1n) is 9.34. The number of ether oxygens (including phenoxy) is 3. The quantitative estimate of drug-likeness (QED) is 0.787. The summed E-state index contributed by atoms with van der Waals surface area (Å²) in [5.74, 6) is 0.980. The largest absolute Gasteiger partial charge is 0.454 e. The van der Waals surface area contributed by atoms with Gasteiger partial charge in [0, 0.05) is 44.1 Å². The molecule has 0 saturated carbocycles. The minimum Gasteiger partial charge on any atom is -0.454 e. The Hall–Kier alpha value is -3.67. The molecule has 3 heterocycles. The molecule has 150 valence electrons. The van der Waals surface area contributed by atoms with Crippen LogP contribution in [0, 0.1) is 11.3 Å². The van der Waals surface area contributed by atoms with Gasteiger partial charge < -0.3 is 28.6 Å². The zero-order valence-corrected chi connectivity index (χ0v) is 16.0. The van der Waals surface area contributed by atoms with Gasteiger partial charge in [-0.1, -0.05) is 0 Å². The van der Waals surface area contributed by atoms with Gasteiger partial charge in [-0.25, -0.2) is 4.79 Å². The van der Waals surface area contributed by atoms with Crippen LogP contribution in [-0.2, 0) is 4.74 Å². The number of hydrogen-bond donors (Lipinski definition) is 0. The fourth-order valence-corrected chi connectivity index (χ4v) is 3.45. The maximum Gasteiger partial charge on any atom is 0.409 e. The van der Waals surface area contributed by atoms with Crippen LogP contribution in [-0.4, -0.2) is 65.9 Å². The van der Waals surface area contributed by atoms with Crippen molar-refractivity contribution in [2.24, 2.45) is 0 Å². The third kappa shape index (κ3) is 3.45. The summed E-state index contributed by atoms with van der Waals surface area (Å²) in [5.41, 5.74) is 1.28. The lowest BCUT2D eigenvalue weighted by atomic mass is 10.2. The van der Waals surface area contributed by atoms with E-state index in [1.807, 2.05) is 6.07 Å². The first-order chi connectivity index (χ1) is 14.1. The topological polar surface area (TPSA) is 97.0 Å². The molecule has 9 heteroatoms. The molecule has 9 nitrogen and oxygen atoms in total. The SMILES string of the molecule is CCOC(=O)N1CCN(C(=O)c2c(C#N)ccn2-c2ccc3c(c2)OCO3)CC1. The third-order valence-corrected chi connectivity index (χ3v) is 4.94. The van der Waals surface area contributed by atoms with Crippen molar-refractivity contribution in [2.75, 3.05) is 39.6 Å². The van der Waals surface area contributed by atoms with E-state index in [9.17, 15) is 14.9 Å². The standard InChI is InChI=1S/C20H20N4O5/c1-2-27-20(26)23-9-7-22(8-10-23)19(25)18-14(12-21)5-6-24(18)15-3-4-16-17(11-15)29-13-28-16/h3-6,11H,2,7-10,13H2,1H3. The molecular weight excluding hydrogens is 376 g/mol. The number of fused-ring (bicyclic) bond motifs is 1. The van der Waals surface area contributed by atoms with Crippen LogP contribution < -0.4 is 9.47 Å². The van der Waals surface area contributed by atoms with Gasteiger partial charge in [0.25, 0.3) is 5.91 Å². The number of rotatable bonds is 3. The minimum absolute atomic E-state index is 0.157. The molecule has 2 aliphatic heterocycles. The van der Waals surface area contributed by atoms with Crippen molar-refractivity contribution >= 4 is 12.0 Å². The maximum absolute atomic E-state index is 13.2. The number of piperazine rings is 1. The predicted octanol–water partition coefficient (Wildman–Crippen LogP) is 1.99. The van der Waals surface area contributed by atoms with Gasteiger partial charge >= 0.3 is 6.09 Å². The van der Waals surface area contributed by atoms with Gasteiger partial charge in [0.15, 0.2) is 11.5 Å². The van der Waals surface area contributed by atoms with Crippen LogP contribution in [0.25, 0.3) is 5.69 Å². The molecule has 1 fully saturated rings. The molecule has 0 spiro atoms. The predicted molar refractivity (Wildman–Crippen MR) is 101 cm³/mol. The zero-order chi connectivity index (χ0) is 20.4. The molecule has 1 aromatic heterocycles. The molecule has 4 rings (SSSR count). The molecular formula is C20H20N4O5. The Morgan fingerprint density at radius 2 is 1.83 bits per heavy atom. The zero-order valence-electron chi connectivity index (χ0n) is 16.0. The number of hydrogen-bond acceptors (Lipinski definition) is 6. The minimum atomic E-state index is -0.374. The van der Waals surface area contributed by atoms with Crippen molar-refractivity contribution in [2.45, 2.75) is 6.92 Å². The Kier molecular flexibility index (Phi) is 4.99. The highest BCUT2D eigenvalue weighted by atomic mass is 16.7. The van der Waals surface area contributed by atoms with Crippen molar-refractivity contribution in [3.05, 3.63) is 41.7 Å². The lowest BCUT2D eigenvalue weighted by Gasteiger charge is -2.34. The van der Waals surface area contributed by atoms with Crippen molar-refractivity contribution in [1.29, 1.82) is 5.26 Å². The number of nitrogens with zero attached hydrogens (tertiary/aromatic N) is 4. The van der Waals surface area contributed by atoms with Gasteiger partial charge in [0.2, 0.25) is 6.79 Å². The summed E-state index contributed by atoms with van der Waals surface area (Å²) in [6, 6.07) is 9.07. The molecule has 0 atom stereocenters. The number of carbonyl (C=O) groups excluding carboxylic acids is 2. The van der Waals surface area contributed by atoms with Crippen LogP contribution in [0.4, 0.5) is 4.79 Å². The Balaban J connectivity index is 1.57. The summed E-state index contributed by atoms with van der Waals surface area (Å²) in [5, 5.41) is 9.51. The van der Waals surface area contributed by atoms with E-state index in [-0.39, 0.29) is 24.5 Å². The van der Waals surface area contributed by atoms with Gasteiger partial charge in [0.05, 0.1) is 12.2 Å². The Morgan fingerprint density at radius 3 is 2.55 bits per heavy atom. The van der Waals surface area contributed by atoms with Crippen molar-refractivity contribution < 1.29 is 23.8 Å². The summed E-state index contributed by atoms with van der Waals surface area (Å²) < 4.78 is 17.4. The Morgan fingerprint density at radius 1 is 1.10 bits per heavy atom.